The van der Waals surface area contributed by atoms with Crippen molar-refractivity contribution in [2.24, 2.45) is 5.92 Å². The minimum atomic E-state index is 0.151. The number of rotatable bonds is 5. The first-order valence-electron chi connectivity index (χ1n) is 6.37. The molecule has 18 heavy (non-hydrogen) atoms. The third kappa shape index (κ3) is 3.06. The van der Waals surface area contributed by atoms with Crippen molar-refractivity contribution in [1.29, 1.82) is 0 Å². The summed E-state index contributed by atoms with van der Waals surface area (Å²) < 4.78 is 0. The van der Waals surface area contributed by atoms with Crippen molar-refractivity contribution >= 4 is 10.8 Å². The highest BCUT2D eigenvalue weighted by Crippen LogP contribution is 2.14. The van der Waals surface area contributed by atoms with Crippen LogP contribution in [-0.2, 0) is 6.54 Å². The van der Waals surface area contributed by atoms with Gasteiger partial charge in [-0.15, -0.1) is 0 Å². The molecule has 1 aromatic carbocycles. The van der Waals surface area contributed by atoms with Crippen LogP contribution in [0.25, 0.3) is 10.8 Å². The van der Waals surface area contributed by atoms with E-state index in [1.54, 1.807) is 0 Å². The molecule has 3 nitrogen and oxygen atoms in total. The van der Waals surface area contributed by atoms with Gasteiger partial charge in [-0.1, -0.05) is 26.0 Å². The van der Waals surface area contributed by atoms with E-state index in [0.717, 1.165) is 11.9 Å². The second-order valence-corrected chi connectivity index (χ2v) is 4.97. The van der Waals surface area contributed by atoms with Crippen molar-refractivity contribution in [3.63, 3.8) is 0 Å². The summed E-state index contributed by atoms with van der Waals surface area (Å²) in [7, 11) is 0. The molecular formula is C15H20N2O. The summed E-state index contributed by atoms with van der Waals surface area (Å²) in [6.45, 7) is 5.18. The highest BCUT2D eigenvalue weighted by atomic mass is 16.3. The molecule has 0 saturated heterocycles. The summed E-state index contributed by atoms with van der Waals surface area (Å²) in [6, 6.07) is 8.52. The molecule has 0 aliphatic heterocycles. The molecule has 0 bridgehead atoms. The van der Waals surface area contributed by atoms with Crippen LogP contribution in [0, 0.1) is 5.92 Å². The van der Waals surface area contributed by atoms with E-state index < -0.39 is 0 Å². The molecule has 0 aliphatic carbocycles. The van der Waals surface area contributed by atoms with Gasteiger partial charge >= 0.3 is 0 Å². The van der Waals surface area contributed by atoms with Crippen LogP contribution in [0.3, 0.4) is 0 Å². The maximum absolute atomic E-state index is 9.28. The topological polar surface area (TPSA) is 45.1 Å². The van der Waals surface area contributed by atoms with E-state index in [0.29, 0.717) is 5.92 Å². The Balaban J connectivity index is 2.07. The molecule has 96 valence electrons. The lowest BCUT2D eigenvalue weighted by atomic mass is 10.0. The number of pyridine rings is 1. The molecular weight excluding hydrogens is 224 g/mol. The Morgan fingerprint density at radius 3 is 2.78 bits per heavy atom. The number of nitrogens with one attached hydrogen (secondary N) is 1. The molecule has 3 heteroatoms. The SMILES string of the molecule is CC(C)C(CO)NCc1ccc2cnccc2c1. The fourth-order valence-electron chi connectivity index (χ4n) is 2.00. The fraction of sp³-hybridized carbons (Fsp3) is 0.400. The molecule has 0 fully saturated rings. The van der Waals surface area contributed by atoms with Crippen LogP contribution in [0.5, 0.6) is 0 Å². The largest absolute Gasteiger partial charge is 0.395 e. The van der Waals surface area contributed by atoms with Crippen LogP contribution in [0.1, 0.15) is 19.4 Å². The quantitative estimate of drug-likeness (QED) is 0.848. The van der Waals surface area contributed by atoms with Gasteiger partial charge in [0.2, 0.25) is 0 Å². The number of aliphatic hydroxyl groups is 1. The zero-order chi connectivity index (χ0) is 13.0. The Labute approximate surface area is 108 Å². The lowest BCUT2D eigenvalue weighted by Gasteiger charge is -2.20. The normalized spacial score (nSPS) is 13.1. The van der Waals surface area contributed by atoms with Crippen molar-refractivity contribution in [1.82, 2.24) is 10.3 Å². The second-order valence-electron chi connectivity index (χ2n) is 4.97. The van der Waals surface area contributed by atoms with Gasteiger partial charge in [-0.25, -0.2) is 0 Å². The van der Waals surface area contributed by atoms with Gasteiger partial charge in [0.25, 0.3) is 0 Å². The molecule has 1 unspecified atom stereocenters. The third-order valence-electron chi connectivity index (χ3n) is 3.27. The zero-order valence-electron chi connectivity index (χ0n) is 10.9. The molecule has 2 aromatic rings. The van der Waals surface area contributed by atoms with Gasteiger partial charge in [0.05, 0.1) is 6.61 Å². The lowest BCUT2D eigenvalue weighted by Crippen LogP contribution is -2.36. The highest BCUT2D eigenvalue weighted by molar-refractivity contribution is 5.81. The van der Waals surface area contributed by atoms with Gasteiger partial charge in [0, 0.05) is 30.4 Å². The molecule has 1 aromatic heterocycles. The molecule has 1 atom stereocenters. The molecule has 0 spiro atoms. The minimum Gasteiger partial charge on any atom is -0.395 e. The zero-order valence-corrected chi connectivity index (χ0v) is 10.9. The van der Waals surface area contributed by atoms with E-state index in [-0.39, 0.29) is 12.6 Å². The van der Waals surface area contributed by atoms with Gasteiger partial charge in [0.1, 0.15) is 0 Å². The molecule has 0 radical (unpaired) electrons. The standard InChI is InChI=1S/C15H20N2O/c1-11(2)15(10-18)17-8-12-3-4-14-9-16-6-5-13(14)7-12/h3-7,9,11,15,17-18H,8,10H2,1-2H3. The number of fused-ring (bicyclic) bond motifs is 1. The summed E-state index contributed by atoms with van der Waals surface area (Å²) in [5.74, 6) is 0.430. The smallest absolute Gasteiger partial charge is 0.0587 e. The van der Waals surface area contributed by atoms with Crippen molar-refractivity contribution in [3.05, 3.63) is 42.2 Å². The first-order valence-corrected chi connectivity index (χ1v) is 6.37. The molecule has 0 aliphatic rings. The first-order chi connectivity index (χ1) is 8.70. The van der Waals surface area contributed by atoms with E-state index in [9.17, 15) is 5.11 Å². The number of aromatic nitrogens is 1. The number of benzene rings is 1. The van der Waals surface area contributed by atoms with Gasteiger partial charge < -0.3 is 10.4 Å². The van der Waals surface area contributed by atoms with Gasteiger partial charge in [-0.3, -0.25) is 4.98 Å². The number of nitrogens with zero attached hydrogens (tertiary/aromatic N) is 1. The predicted octanol–water partition coefficient (Wildman–Crippen LogP) is 2.34. The fourth-order valence-corrected chi connectivity index (χ4v) is 2.00. The predicted molar refractivity (Wildman–Crippen MR) is 74.3 cm³/mol. The van der Waals surface area contributed by atoms with Crippen LogP contribution in [0.2, 0.25) is 0 Å². The Hall–Kier alpha value is -1.45. The van der Waals surface area contributed by atoms with E-state index in [1.165, 1.54) is 10.9 Å². The summed E-state index contributed by atoms with van der Waals surface area (Å²) in [4.78, 5) is 4.10. The molecule has 0 amide bonds. The summed E-state index contributed by atoms with van der Waals surface area (Å²) >= 11 is 0. The Morgan fingerprint density at radius 1 is 1.22 bits per heavy atom. The third-order valence-corrected chi connectivity index (χ3v) is 3.27. The highest BCUT2D eigenvalue weighted by Gasteiger charge is 2.10. The molecule has 1 heterocycles. The average molecular weight is 244 g/mol. The van der Waals surface area contributed by atoms with Crippen molar-refractivity contribution in [3.8, 4) is 0 Å². The van der Waals surface area contributed by atoms with Crippen molar-refractivity contribution < 1.29 is 5.11 Å². The van der Waals surface area contributed by atoms with E-state index in [4.69, 9.17) is 0 Å². The van der Waals surface area contributed by atoms with E-state index in [2.05, 4.69) is 42.3 Å². The summed E-state index contributed by atoms with van der Waals surface area (Å²) in [6.07, 6.45) is 3.68. The monoisotopic (exact) mass is 244 g/mol. The molecule has 2 rings (SSSR count). The Morgan fingerprint density at radius 2 is 2.06 bits per heavy atom. The molecule has 2 N–H and O–H groups in total. The van der Waals surface area contributed by atoms with Crippen LogP contribution < -0.4 is 5.32 Å². The van der Waals surface area contributed by atoms with E-state index in [1.807, 2.05) is 18.5 Å². The maximum Gasteiger partial charge on any atom is 0.0587 e. The van der Waals surface area contributed by atoms with Gasteiger partial charge in [-0.2, -0.15) is 0 Å². The van der Waals surface area contributed by atoms with Crippen LogP contribution >= 0.6 is 0 Å². The minimum absolute atomic E-state index is 0.151. The van der Waals surface area contributed by atoms with Crippen molar-refractivity contribution in [2.75, 3.05) is 6.61 Å². The Bertz CT molecular complexity index is 511. The van der Waals surface area contributed by atoms with Crippen molar-refractivity contribution in [2.45, 2.75) is 26.4 Å². The first kappa shape index (κ1) is 13.0. The number of hydrogen-bond acceptors (Lipinski definition) is 3. The summed E-state index contributed by atoms with van der Waals surface area (Å²) in [5.41, 5.74) is 1.23. The van der Waals surface area contributed by atoms with Crippen LogP contribution in [0.4, 0.5) is 0 Å². The number of hydrogen-bond donors (Lipinski definition) is 2. The van der Waals surface area contributed by atoms with Crippen LogP contribution in [0.15, 0.2) is 36.7 Å². The average Bonchev–Trinajstić information content (AvgIpc) is 2.39. The Kier molecular flexibility index (Phi) is 4.28. The number of aliphatic hydroxyl groups excluding tert-OH is 1. The van der Waals surface area contributed by atoms with E-state index >= 15 is 0 Å². The van der Waals surface area contributed by atoms with Gasteiger partial charge in [0.15, 0.2) is 0 Å². The molecule has 0 saturated carbocycles. The summed E-state index contributed by atoms with van der Waals surface area (Å²) in [5, 5.41) is 15.0. The van der Waals surface area contributed by atoms with Crippen LogP contribution in [-0.4, -0.2) is 22.7 Å². The van der Waals surface area contributed by atoms with Gasteiger partial charge in [-0.05, 0) is 29.0 Å². The second kappa shape index (κ2) is 5.94. The maximum atomic E-state index is 9.28. The lowest BCUT2D eigenvalue weighted by molar-refractivity contribution is 0.210.